The summed E-state index contributed by atoms with van der Waals surface area (Å²) in [6.45, 7) is 0.501. The molecule has 0 N–H and O–H groups in total. The Hall–Kier alpha value is -2.21. The van der Waals surface area contributed by atoms with Crippen molar-refractivity contribution in [2.75, 3.05) is 7.11 Å². The molecular weight excluding hydrogens is 318 g/mol. The standard InChI is InChI=1S/C19H23N3O3/c1-24-19(23)16-11-14-9-5-6-10-15(14)22(16)12-17-20-21-18(25-17)13-7-3-2-4-8-13/h2-4,7-8,14-16H,5-6,9-12H2,1H3. The highest BCUT2D eigenvalue weighted by Gasteiger charge is 2.46. The van der Waals surface area contributed by atoms with Crippen molar-refractivity contribution >= 4 is 5.97 Å². The molecule has 2 fully saturated rings. The molecule has 0 amide bonds. The van der Waals surface area contributed by atoms with Crippen molar-refractivity contribution in [3.63, 3.8) is 0 Å². The van der Waals surface area contributed by atoms with Crippen LogP contribution in [0.5, 0.6) is 0 Å². The molecule has 25 heavy (non-hydrogen) atoms. The van der Waals surface area contributed by atoms with Crippen LogP contribution in [0.3, 0.4) is 0 Å². The normalized spacial score (nSPS) is 26.4. The number of aromatic nitrogens is 2. The maximum Gasteiger partial charge on any atom is 0.323 e. The zero-order valence-corrected chi connectivity index (χ0v) is 14.4. The second-order valence-corrected chi connectivity index (χ2v) is 6.93. The fraction of sp³-hybridized carbons (Fsp3) is 0.526. The van der Waals surface area contributed by atoms with Crippen LogP contribution in [-0.2, 0) is 16.1 Å². The van der Waals surface area contributed by atoms with E-state index in [9.17, 15) is 4.79 Å². The van der Waals surface area contributed by atoms with Gasteiger partial charge >= 0.3 is 5.97 Å². The van der Waals surface area contributed by atoms with Crippen molar-refractivity contribution in [1.82, 2.24) is 15.1 Å². The molecule has 3 atom stereocenters. The number of carbonyl (C=O) groups is 1. The maximum atomic E-state index is 12.3. The van der Waals surface area contributed by atoms with Crippen molar-refractivity contribution < 1.29 is 13.9 Å². The summed E-state index contributed by atoms with van der Waals surface area (Å²) < 4.78 is 10.9. The number of hydrogen-bond acceptors (Lipinski definition) is 6. The first-order chi connectivity index (χ1) is 12.3. The zero-order chi connectivity index (χ0) is 17.2. The number of esters is 1. The van der Waals surface area contributed by atoms with Gasteiger partial charge in [0.1, 0.15) is 6.04 Å². The van der Waals surface area contributed by atoms with E-state index in [4.69, 9.17) is 9.15 Å². The fourth-order valence-corrected chi connectivity index (χ4v) is 4.32. The van der Waals surface area contributed by atoms with Crippen LogP contribution < -0.4 is 0 Å². The van der Waals surface area contributed by atoms with Crippen LogP contribution in [0.25, 0.3) is 11.5 Å². The lowest BCUT2D eigenvalue weighted by molar-refractivity contribution is -0.146. The van der Waals surface area contributed by atoms with Crippen molar-refractivity contribution in [3.05, 3.63) is 36.2 Å². The molecule has 6 nitrogen and oxygen atoms in total. The molecule has 1 aliphatic carbocycles. The van der Waals surface area contributed by atoms with Crippen LogP contribution in [0, 0.1) is 5.92 Å². The number of carbonyl (C=O) groups excluding carboxylic acids is 1. The van der Waals surface area contributed by atoms with Gasteiger partial charge in [-0.3, -0.25) is 9.69 Å². The molecular formula is C19H23N3O3. The number of likely N-dealkylation sites (tertiary alicyclic amines) is 1. The third kappa shape index (κ3) is 3.18. The quantitative estimate of drug-likeness (QED) is 0.796. The molecule has 2 aliphatic rings. The molecule has 0 spiro atoms. The number of methoxy groups -OCH3 is 1. The lowest BCUT2D eigenvalue weighted by Crippen LogP contribution is -2.42. The van der Waals surface area contributed by atoms with Crippen LogP contribution in [0.1, 0.15) is 38.0 Å². The molecule has 0 radical (unpaired) electrons. The van der Waals surface area contributed by atoms with E-state index in [0.717, 1.165) is 18.4 Å². The first kappa shape index (κ1) is 16.3. The molecule has 1 aliphatic heterocycles. The summed E-state index contributed by atoms with van der Waals surface area (Å²) in [4.78, 5) is 14.5. The zero-order valence-electron chi connectivity index (χ0n) is 14.4. The van der Waals surface area contributed by atoms with Gasteiger partial charge in [-0.15, -0.1) is 10.2 Å². The smallest absolute Gasteiger partial charge is 0.323 e. The number of nitrogens with zero attached hydrogens (tertiary/aromatic N) is 3. The maximum absolute atomic E-state index is 12.3. The Morgan fingerprint density at radius 3 is 2.84 bits per heavy atom. The highest BCUT2D eigenvalue weighted by Crippen LogP contribution is 2.40. The summed E-state index contributed by atoms with van der Waals surface area (Å²) in [6.07, 6.45) is 5.65. The van der Waals surface area contributed by atoms with Crippen LogP contribution in [0.15, 0.2) is 34.7 Å². The molecule has 1 aromatic heterocycles. The van der Waals surface area contributed by atoms with Crippen molar-refractivity contribution in [3.8, 4) is 11.5 Å². The van der Waals surface area contributed by atoms with E-state index in [-0.39, 0.29) is 12.0 Å². The minimum atomic E-state index is -0.204. The van der Waals surface area contributed by atoms with Gasteiger partial charge in [0.25, 0.3) is 0 Å². The van der Waals surface area contributed by atoms with Crippen molar-refractivity contribution in [2.45, 2.75) is 50.7 Å². The molecule has 1 aromatic carbocycles. The highest BCUT2D eigenvalue weighted by atomic mass is 16.5. The van der Waals surface area contributed by atoms with Gasteiger partial charge in [-0.25, -0.2) is 0 Å². The molecule has 2 heterocycles. The van der Waals surface area contributed by atoms with Gasteiger partial charge in [0.2, 0.25) is 11.8 Å². The van der Waals surface area contributed by atoms with Gasteiger partial charge in [-0.05, 0) is 37.3 Å². The van der Waals surface area contributed by atoms with Crippen molar-refractivity contribution in [1.29, 1.82) is 0 Å². The van der Waals surface area contributed by atoms with Gasteiger partial charge in [0.15, 0.2) is 0 Å². The van der Waals surface area contributed by atoms with Gasteiger partial charge in [0, 0.05) is 11.6 Å². The Labute approximate surface area is 147 Å². The summed E-state index contributed by atoms with van der Waals surface area (Å²) in [6, 6.07) is 9.94. The van der Waals surface area contributed by atoms with Crippen LogP contribution in [-0.4, -0.2) is 40.3 Å². The number of fused-ring (bicyclic) bond motifs is 1. The summed E-state index contributed by atoms with van der Waals surface area (Å²) in [5, 5.41) is 8.37. The topological polar surface area (TPSA) is 68.5 Å². The van der Waals surface area contributed by atoms with E-state index in [0.29, 0.717) is 30.3 Å². The van der Waals surface area contributed by atoms with Crippen molar-refractivity contribution in [2.24, 2.45) is 5.92 Å². The van der Waals surface area contributed by atoms with E-state index in [1.54, 1.807) is 0 Å². The van der Waals surface area contributed by atoms with E-state index in [1.165, 1.54) is 26.4 Å². The third-order valence-corrected chi connectivity index (χ3v) is 5.50. The van der Waals surface area contributed by atoms with Crippen LogP contribution in [0.2, 0.25) is 0 Å². The molecule has 132 valence electrons. The largest absolute Gasteiger partial charge is 0.468 e. The van der Waals surface area contributed by atoms with Gasteiger partial charge in [-0.2, -0.15) is 0 Å². The number of ether oxygens (including phenoxy) is 1. The molecule has 2 aromatic rings. The first-order valence-electron chi connectivity index (χ1n) is 8.97. The van der Waals surface area contributed by atoms with E-state index >= 15 is 0 Å². The molecule has 6 heteroatoms. The van der Waals surface area contributed by atoms with E-state index < -0.39 is 0 Å². The summed E-state index contributed by atoms with van der Waals surface area (Å²) in [7, 11) is 1.46. The molecule has 1 saturated heterocycles. The van der Waals surface area contributed by atoms with Crippen LogP contribution in [0.4, 0.5) is 0 Å². The molecule has 3 unspecified atom stereocenters. The minimum Gasteiger partial charge on any atom is -0.468 e. The summed E-state index contributed by atoms with van der Waals surface area (Å²) >= 11 is 0. The third-order valence-electron chi connectivity index (χ3n) is 5.50. The van der Waals surface area contributed by atoms with Crippen LogP contribution >= 0.6 is 0 Å². The first-order valence-corrected chi connectivity index (χ1v) is 8.97. The Kier molecular flexibility index (Phi) is 4.53. The average Bonchev–Trinajstić information content (AvgIpc) is 3.27. The molecule has 1 saturated carbocycles. The lowest BCUT2D eigenvalue weighted by Gasteiger charge is -2.32. The summed E-state index contributed by atoms with van der Waals surface area (Å²) in [5.74, 6) is 1.48. The average molecular weight is 341 g/mol. The van der Waals surface area contributed by atoms with Gasteiger partial charge < -0.3 is 9.15 Å². The van der Waals surface area contributed by atoms with Gasteiger partial charge in [-0.1, -0.05) is 31.0 Å². The Balaban J connectivity index is 1.55. The van der Waals surface area contributed by atoms with E-state index in [1.807, 2.05) is 30.3 Å². The number of rotatable bonds is 4. The Morgan fingerprint density at radius 2 is 2.04 bits per heavy atom. The minimum absolute atomic E-state index is 0.155. The van der Waals surface area contributed by atoms with E-state index in [2.05, 4.69) is 15.1 Å². The summed E-state index contributed by atoms with van der Waals surface area (Å²) in [5.41, 5.74) is 0.905. The number of hydrogen-bond donors (Lipinski definition) is 0. The predicted octanol–water partition coefficient (Wildman–Crippen LogP) is 3.04. The molecule has 4 rings (SSSR count). The van der Waals surface area contributed by atoms with Gasteiger partial charge in [0.05, 0.1) is 13.7 Å². The lowest BCUT2D eigenvalue weighted by atomic mass is 9.85. The monoisotopic (exact) mass is 341 g/mol. The highest BCUT2D eigenvalue weighted by molar-refractivity contribution is 5.76. The fourth-order valence-electron chi connectivity index (χ4n) is 4.32. The number of benzene rings is 1. The predicted molar refractivity (Wildman–Crippen MR) is 91.4 cm³/mol. The Morgan fingerprint density at radius 1 is 1.24 bits per heavy atom. The second kappa shape index (κ2) is 6.96. The SMILES string of the molecule is COC(=O)C1CC2CCCCC2N1Cc1nnc(-c2ccccc2)o1. The Bertz CT molecular complexity index is 731. The molecule has 0 bridgehead atoms. The second-order valence-electron chi connectivity index (χ2n) is 6.93.